The van der Waals surface area contributed by atoms with Crippen LogP contribution in [0.25, 0.3) is 0 Å². The van der Waals surface area contributed by atoms with Gasteiger partial charge in [0.25, 0.3) is 0 Å². The van der Waals surface area contributed by atoms with Crippen LogP contribution >= 0.6 is 0 Å². The highest BCUT2D eigenvalue weighted by Gasteiger charge is 2.18. The lowest BCUT2D eigenvalue weighted by atomic mass is 9.96. The summed E-state index contributed by atoms with van der Waals surface area (Å²) < 4.78 is 5.95. The van der Waals surface area contributed by atoms with E-state index in [4.69, 9.17) is 4.42 Å². The van der Waals surface area contributed by atoms with Crippen LogP contribution in [0.2, 0.25) is 0 Å². The molecule has 1 aromatic heterocycles. The van der Waals surface area contributed by atoms with E-state index in [1.54, 1.807) is 0 Å². The van der Waals surface area contributed by atoms with E-state index in [0.29, 0.717) is 0 Å². The van der Waals surface area contributed by atoms with Gasteiger partial charge >= 0.3 is 0 Å². The summed E-state index contributed by atoms with van der Waals surface area (Å²) in [5.41, 5.74) is 1.31. The molecular formula is C18H32N2O. The average molecular weight is 292 g/mol. The third-order valence-electron chi connectivity index (χ3n) is 4.65. The SMILES string of the molecule is CCCC1CCCN(Cc2cc(CNCC)c(C)o2)CC1. The van der Waals surface area contributed by atoms with E-state index in [-0.39, 0.29) is 0 Å². The van der Waals surface area contributed by atoms with E-state index in [1.165, 1.54) is 50.8 Å². The maximum atomic E-state index is 5.95. The highest BCUT2D eigenvalue weighted by molar-refractivity contribution is 5.20. The Hall–Kier alpha value is -0.800. The molecule has 1 aliphatic heterocycles. The Morgan fingerprint density at radius 1 is 1.29 bits per heavy atom. The molecule has 2 heterocycles. The van der Waals surface area contributed by atoms with Gasteiger partial charge in [0.2, 0.25) is 0 Å². The molecule has 0 bridgehead atoms. The van der Waals surface area contributed by atoms with Gasteiger partial charge in [-0.15, -0.1) is 0 Å². The molecule has 1 atom stereocenters. The lowest BCUT2D eigenvalue weighted by Gasteiger charge is -2.18. The van der Waals surface area contributed by atoms with Crippen LogP contribution in [0.1, 0.15) is 63.0 Å². The van der Waals surface area contributed by atoms with Crippen LogP contribution in [-0.4, -0.2) is 24.5 Å². The maximum Gasteiger partial charge on any atom is 0.118 e. The smallest absolute Gasteiger partial charge is 0.118 e. The van der Waals surface area contributed by atoms with Crippen LogP contribution in [0.5, 0.6) is 0 Å². The van der Waals surface area contributed by atoms with Gasteiger partial charge in [-0.25, -0.2) is 0 Å². The molecule has 1 saturated heterocycles. The molecule has 3 heteroatoms. The van der Waals surface area contributed by atoms with Gasteiger partial charge in [0, 0.05) is 12.1 Å². The van der Waals surface area contributed by atoms with Crippen molar-refractivity contribution in [3.63, 3.8) is 0 Å². The third-order valence-corrected chi connectivity index (χ3v) is 4.65. The molecular weight excluding hydrogens is 260 g/mol. The Balaban J connectivity index is 1.86. The molecule has 3 nitrogen and oxygen atoms in total. The van der Waals surface area contributed by atoms with Crippen molar-refractivity contribution in [2.75, 3.05) is 19.6 Å². The molecule has 0 spiro atoms. The summed E-state index contributed by atoms with van der Waals surface area (Å²) in [5, 5.41) is 3.38. The van der Waals surface area contributed by atoms with Crippen LogP contribution in [0.3, 0.4) is 0 Å². The van der Waals surface area contributed by atoms with Crippen molar-refractivity contribution < 1.29 is 4.42 Å². The standard InChI is InChI=1S/C18H32N2O/c1-4-7-16-8-6-10-20(11-9-16)14-18-12-17(13-19-5-2)15(3)21-18/h12,16,19H,4-11,13-14H2,1-3H3. The van der Waals surface area contributed by atoms with Crippen molar-refractivity contribution >= 4 is 0 Å². The van der Waals surface area contributed by atoms with Gasteiger partial charge in [-0.05, 0) is 57.8 Å². The topological polar surface area (TPSA) is 28.4 Å². The Labute approximate surface area is 130 Å². The van der Waals surface area contributed by atoms with Crippen molar-refractivity contribution in [2.24, 2.45) is 5.92 Å². The van der Waals surface area contributed by atoms with E-state index in [1.807, 2.05) is 0 Å². The molecule has 120 valence electrons. The molecule has 1 aromatic rings. The minimum Gasteiger partial charge on any atom is -0.465 e. The number of nitrogens with zero attached hydrogens (tertiary/aromatic N) is 1. The highest BCUT2D eigenvalue weighted by Crippen LogP contribution is 2.24. The molecule has 1 unspecified atom stereocenters. The second-order valence-electron chi connectivity index (χ2n) is 6.44. The molecule has 0 saturated carbocycles. The number of aryl methyl sites for hydroxylation is 1. The molecule has 21 heavy (non-hydrogen) atoms. The fourth-order valence-electron chi connectivity index (χ4n) is 3.40. The summed E-state index contributed by atoms with van der Waals surface area (Å²) >= 11 is 0. The lowest BCUT2D eigenvalue weighted by molar-refractivity contribution is 0.247. The zero-order valence-electron chi connectivity index (χ0n) is 14.1. The van der Waals surface area contributed by atoms with Crippen molar-refractivity contribution in [3.8, 4) is 0 Å². The van der Waals surface area contributed by atoms with Crippen molar-refractivity contribution in [3.05, 3.63) is 23.2 Å². The van der Waals surface area contributed by atoms with Crippen molar-refractivity contribution in [1.29, 1.82) is 0 Å². The van der Waals surface area contributed by atoms with Gasteiger partial charge in [0.1, 0.15) is 11.5 Å². The normalized spacial score (nSPS) is 20.6. The summed E-state index contributed by atoms with van der Waals surface area (Å²) in [6.07, 6.45) is 6.84. The molecule has 1 N–H and O–H groups in total. The van der Waals surface area contributed by atoms with Crippen molar-refractivity contribution in [2.45, 2.75) is 66.0 Å². The summed E-state index contributed by atoms with van der Waals surface area (Å²) in [4.78, 5) is 2.57. The Bertz CT molecular complexity index is 413. The predicted molar refractivity (Wildman–Crippen MR) is 88.4 cm³/mol. The molecule has 0 amide bonds. The van der Waals surface area contributed by atoms with E-state index in [2.05, 4.69) is 37.1 Å². The first-order valence-corrected chi connectivity index (χ1v) is 8.74. The van der Waals surface area contributed by atoms with Crippen LogP contribution < -0.4 is 5.32 Å². The summed E-state index contributed by atoms with van der Waals surface area (Å²) in [7, 11) is 0. The molecule has 1 aliphatic rings. The molecule has 1 fully saturated rings. The Morgan fingerprint density at radius 3 is 2.90 bits per heavy atom. The minimum atomic E-state index is 0.921. The summed E-state index contributed by atoms with van der Waals surface area (Å²) in [6.45, 7) is 11.9. The van der Waals surface area contributed by atoms with Crippen LogP contribution in [0, 0.1) is 12.8 Å². The first-order chi connectivity index (χ1) is 10.2. The van der Waals surface area contributed by atoms with E-state index >= 15 is 0 Å². The summed E-state index contributed by atoms with van der Waals surface area (Å²) in [5.74, 6) is 3.15. The van der Waals surface area contributed by atoms with Gasteiger partial charge in [0.05, 0.1) is 6.54 Å². The monoisotopic (exact) mass is 292 g/mol. The number of furan rings is 1. The number of rotatable bonds is 7. The summed E-state index contributed by atoms with van der Waals surface area (Å²) in [6, 6.07) is 2.24. The average Bonchev–Trinajstić information content (AvgIpc) is 2.67. The predicted octanol–water partition coefficient (Wildman–Crippen LogP) is 4.10. The van der Waals surface area contributed by atoms with Gasteiger partial charge in [-0.2, -0.15) is 0 Å². The second-order valence-corrected chi connectivity index (χ2v) is 6.44. The number of hydrogen-bond acceptors (Lipinski definition) is 3. The van der Waals surface area contributed by atoms with Crippen LogP contribution in [0.15, 0.2) is 10.5 Å². The van der Waals surface area contributed by atoms with Crippen molar-refractivity contribution in [1.82, 2.24) is 10.2 Å². The number of hydrogen-bond donors (Lipinski definition) is 1. The van der Waals surface area contributed by atoms with E-state index < -0.39 is 0 Å². The second kappa shape index (κ2) is 8.60. The van der Waals surface area contributed by atoms with E-state index in [0.717, 1.165) is 37.1 Å². The fourth-order valence-corrected chi connectivity index (χ4v) is 3.40. The molecule has 0 aliphatic carbocycles. The van der Waals surface area contributed by atoms with E-state index in [9.17, 15) is 0 Å². The zero-order chi connectivity index (χ0) is 15.1. The Kier molecular flexibility index (Phi) is 6.78. The first kappa shape index (κ1) is 16.6. The molecule has 0 radical (unpaired) electrons. The largest absolute Gasteiger partial charge is 0.465 e. The Morgan fingerprint density at radius 2 is 2.14 bits per heavy atom. The molecule has 2 rings (SSSR count). The first-order valence-electron chi connectivity index (χ1n) is 8.74. The van der Waals surface area contributed by atoms with Gasteiger partial charge in [0.15, 0.2) is 0 Å². The maximum absolute atomic E-state index is 5.95. The third kappa shape index (κ3) is 5.15. The van der Waals surface area contributed by atoms with Crippen LogP contribution in [0.4, 0.5) is 0 Å². The quantitative estimate of drug-likeness (QED) is 0.820. The van der Waals surface area contributed by atoms with Gasteiger partial charge in [-0.1, -0.05) is 26.7 Å². The zero-order valence-corrected chi connectivity index (χ0v) is 14.1. The van der Waals surface area contributed by atoms with Gasteiger partial charge in [-0.3, -0.25) is 4.90 Å². The minimum absolute atomic E-state index is 0.921. The van der Waals surface area contributed by atoms with Gasteiger partial charge < -0.3 is 9.73 Å². The fraction of sp³-hybridized carbons (Fsp3) is 0.778. The number of likely N-dealkylation sites (tertiary alicyclic amines) is 1. The molecule has 0 aromatic carbocycles. The lowest BCUT2D eigenvalue weighted by Crippen LogP contribution is -2.24. The number of nitrogens with one attached hydrogen (secondary N) is 1. The van der Waals surface area contributed by atoms with Crippen LogP contribution in [-0.2, 0) is 13.1 Å². The highest BCUT2D eigenvalue weighted by atomic mass is 16.3.